The molecule has 1 atom stereocenters. The van der Waals surface area contributed by atoms with Gasteiger partial charge >= 0.3 is 0 Å². The van der Waals surface area contributed by atoms with Gasteiger partial charge in [-0.05, 0) is 18.9 Å². The van der Waals surface area contributed by atoms with Crippen LogP contribution in [-0.4, -0.2) is 24.5 Å². The van der Waals surface area contributed by atoms with E-state index in [0.29, 0.717) is 12.5 Å². The molecule has 0 aromatic heterocycles. The predicted molar refractivity (Wildman–Crippen MR) is 51.8 cm³/mol. The summed E-state index contributed by atoms with van der Waals surface area (Å²) in [5, 5.41) is 8.56. The summed E-state index contributed by atoms with van der Waals surface area (Å²) >= 11 is 0. The van der Waals surface area contributed by atoms with Gasteiger partial charge in [-0.15, -0.1) is 0 Å². The molecule has 0 aliphatic rings. The highest BCUT2D eigenvalue weighted by Crippen LogP contribution is 2.04. The molecule has 0 saturated carbocycles. The molecule has 2 nitrogen and oxygen atoms in total. The van der Waals surface area contributed by atoms with Crippen molar-refractivity contribution < 1.29 is 0 Å². The van der Waals surface area contributed by atoms with Crippen LogP contribution in [0.1, 0.15) is 33.6 Å². The number of nitriles is 1. The third kappa shape index (κ3) is 5.15. The second-order valence-electron chi connectivity index (χ2n) is 3.41. The minimum absolute atomic E-state index is 0.582. The van der Waals surface area contributed by atoms with Gasteiger partial charge in [0.15, 0.2) is 0 Å². The Balaban J connectivity index is 3.70. The molecule has 0 aliphatic heterocycles. The van der Waals surface area contributed by atoms with Crippen molar-refractivity contribution in [1.82, 2.24) is 4.90 Å². The van der Waals surface area contributed by atoms with Crippen LogP contribution in [0.4, 0.5) is 0 Å². The fourth-order valence-corrected chi connectivity index (χ4v) is 1.22. The van der Waals surface area contributed by atoms with Gasteiger partial charge in [-0.3, -0.25) is 4.90 Å². The molecule has 12 heavy (non-hydrogen) atoms. The van der Waals surface area contributed by atoms with E-state index in [4.69, 9.17) is 5.26 Å². The van der Waals surface area contributed by atoms with Gasteiger partial charge in [-0.2, -0.15) is 5.26 Å². The molecule has 0 fully saturated rings. The molecule has 0 amide bonds. The minimum atomic E-state index is 0.582. The summed E-state index contributed by atoms with van der Waals surface area (Å²) in [5.41, 5.74) is 0. The van der Waals surface area contributed by atoms with Crippen molar-refractivity contribution in [2.45, 2.75) is 33.6 Å². The number of rotatable bonds is 6. The summed E-state index contributed by atoms with van der Waals surface area (Å²) in [7, 11) is 0. The lowest BCUT2D eigenvalue weighted by atomic mass is 10.1. The van der Waals surface area contributed by atoms with Crippen molar-refractivity contribution in [3.63, 3.8) is 0 Å². The normalized spacial score (nSPS) is 12.9. The van der Waals surface area contributed by atoms with Gasteiger partial charge in [0.2, 0.25) is 0 Å². The van der Waals surface area contributed by atoms with Crippen molar-refractivity contribution >= 4 is 0 Å². The zero-order valence-electron chi connectivity index (χ0n) is 8.51. The third-order valence-corrected chi connectivity index (χ3v) is 2.10. The second-order valence-corrected chi connectivity index (χ2v) is 3.41. The first-order valence-electron chi connectivity index (χ1n) is 4.83. The molecule has 0 aromatic rings. The Morgan fingerprint density at radius 1 is 1.42 bits per heavy atom. The summed E-state index contributed by atoms with van der Waals surface area (Å²) in [6.45, 7) is 9.29. The van der Waals surface area contributed by atoms with Crippen LogP contribution in [0.15, 0.2) is 0 Å². The molecule has 0 spiro atoms. The zero-order valence-corrected chi connectivity index (χ0v) is 8.51. The van der Waals surface area contributed by atoms with Crippen LogP contribution in [0, 0.1) is 17.2 Å². The Morgan fingerprint density at radius 3 is 2.50 bits per heavy atom. The van der Waals surface area contributed by atoms with E-state index in [2.05, 4.69) is 31.7 Å². The van der Waals surface area contributed by atoms with E-state index in [9.17, 15) is 0 Å². The summed E-state index contributed by atoms with van der Waals surface area (Å²) in [4.78, 5) is 2.23. The maximum Gasteiger partial charge on any atom is 0.0866 e. The maximum atomic E-state index is 8.56. The Morgan fingerprint density at radius 2 is 2.08 bits per heavy atom. The average molecular weight is 168 g/mol. The smallest absolute Gasteiger partial charge is 0.0866 e. The Labute approximate surface area is 76.2 Å². The van der Waals surface area contributed by atoms with Crippen molar-refractivity contribution in [3.8, 4) is 6.07 Å². The maximum absolute atomic E-state index is 8.56. The molecular formula is C10H20N2. The SMILES string of the molecule is CCCN(CC#N)CC(C)CC. The van der Waals surface area contributed by atoms with Gasteiger partial charge in [0.05, 0.1) is 12.6 Å². The van der Waals surface area contributed by atoms with E-state index in [1.165, 1.54) is 6.42 Å². The first-order valence-corrected chi connectivity index (χ1v) is 4.83. The molecule has 0 rings (SSSR count). The van der Waals surface area contributed by atoms with Crippen molar-refractivity contribution in [2.75, 3.05) is 19.6 Å². The lowest BCUT2D eigenvalue weighted by Crippen LogP contribution is -2.29. The van der Waals surface area contributed by atoms with Crippen molar-refractivity contribution in [3.05, 3.63) is 0 Å². The number of nitrogens with zero attached hydrogens (tertiary/aromatic N) is 2. The lowest BCUT2D eigenvalue weighted by Gasteiger charge is -2.21. The summed E-state index contributed by atoms with van der Waals surface area (Å²) in [6, 6.07) is 2.21. The van der Waals surface area contributed by atoms with E-state index in [-0.39, 0.29) is 0 Å². The summed E-state index contributed by atoms with van der Waals surface area (Å²) < 4.78 is 0. The van der Waals surface area contributed by atoms with Crippen LogP contribution in [0.2, 0.25) is 0 Å². The fourth-order valence-electron chi connectivity index (χ4n) is 1.22. The minimum Gasteiger partial charge on any atom is -0.290 e. The van der Waals surface area contributed by atoms with Gasteiger partial charge in [0.25, 0.3) is 0 Å². The van der Waals surface area contributed by atoms with E-state index < -0.39 is 0 Å². The van der Waals surface area contributed by atoms with Crippen LogP contribution < -0.4 is 0 Å². The second kappa shape index (κ2) is 7.12. The molecule has 70 valence electrons. The van der Waals surface area contributed by atoms with Gasteiger partial charge in [-0.1, -0.05) is 27.2 Å². The van der Waals surface area contributed by atoms with E-state index in [0.717, 1.165) is 19.5 Å². The Kier molecular flexibility index (Phi) is 6.79. The fraction of sp³-hybridized carbons (Fsp3) is 0.900. The zero-order chi connectivity index (χ0) is 9.40. The molecule has 0 aliphatic carbocycles. The molecule has 0 aromatic carbocycles. The molecule has 0 radical (unpaired) electrons. The van der Waals surface area contributed by atoms with Crippen molar-refractivity contribution in [1.29, 1.82) is 5.26 Å². The van der Waals surface area contributed by atoms with E-state index in [1.54, 1.807) is 0 Å². The Hall–Kier alpha value is -0.550. The van der Waals surface area contributed by atoms with E-state index in [1.807, 2.05) is 0 Å². The number of hydrogen-bond donors (Lipinski definition) is 0. The predicted octanol–water partition coefficient (Wildman–Crippen LogP) is 2.27. The average Bonchev–Trinajstić information content (AvgIpc) is 2.05. The van der Waals surface area contributed by atoms with Gasteiger partial charge in [-0.25, -0.2) is 0 Å². The van der Waals surface area contributed by atoms with Crippen molar-refractivity contribution in [2.24, 2.45) is 5.92 Å². The Bertz CT molecular complexity index is 137. The van der Waals surface area contributed by atoms with Crippen LogP contribution in [0.3, 0.4) is 0 Å². The molecule has 0 saturated heterocycles. The lowest BCUT2D eigenvalue weighted by molar-refractivity contribution is 0.260. The number of hydrogen-bond acceptors (Lipinski definition) is 2. The third-order valence-electron chi connectivity index (χ3n) is 2.10. The largest absolute Gasteiger partial charge is 0.290 e. The summed E-state index contributed by atoms with van der Waals surface area (Å²) in [5.74, 6) is 0.713. The highest BCUT2D eigenvalue weighted by molar-refractivity contribution is 4.76. The molecule has 1 unspecified atom stereocenters. The van der Waals surface area contributed by atoms with Crippen LogP contribution in [0.5, 0.6) is 0 Å². The molecule has 0 N–H and O–H groups in total. The monoisotopic (exact) mass is 168 g/mol. The molecular weight excluding hydrogens is 148 g/mol. The van der Waals surface area contributed by atoms with Gasteiger partial charge in [0, 0.05) is 6.54 Å². The highest BCUT2D eigenvalue weighted by Gasteiger charge is 2.06. The molecule has 0 heterocycles. The van der Waals surface area contributed by atoms with Crippen LogP contribution in [-0.2, 0) is 0 Å². The van der Waals surface area contributed by atoms with E-state index >= 15 is 0 Å². The first-order chi connectivity index (χ1) is 5.74. The quantitative estimate of drug-likeness (QED) is 0.569. The standard InChI is InChI=1S/C10H20N2/c1-4-7-12(8-6-11)9-10(3)5-2/h10H,4-5,7-9H2,1-3H3. The van der Waals surface area contributed by atoms with Gasteiger partial charge in [0.1, 0.15) is 0 Å². The topological polar surface area (TPSA) is 27.0 Å². The molecule has 0 bridgehead atoms. The van der Waals surface area contributed by atoms with Crippen LogP contribution >= 0.6 is 0 Å². The van der Waals surface area contributed by atoms with Gasteiger partial charge < -0.3 is 0 Å². The first kappa shape index (κ1) is 11.4. The van der Waals surface area contributed by atoms with Crippen LogP contribution in [0.25, 0.3) is 0 Å². The molecule has 2 heteroatoms. The highest BCUT2D eigenvalue weighted by atomic mass is 15.1. The summed E-state index contributed by atoms with van der Waals surface area (Å²) in [6.07, 6.45) is 2.34.